The maximum absolute atomic E-state index is 11.8. The van der Waals surface area contributed by atoms with Gasteiger partial charge in [0.2, 0.25) is 5.91 Å². The van der Waals surface area contributed by atoms with Gasteiger partial charge in [-0.1, -0.05) is 24.6 Å². The lowest BCUT2D eigenvalue weighted by Gasteiger charge is -2.24. The van der Waals surface area contributed by atoms with Crippen LogP contribution < -0.4 is 5.32 Å². The number of rotatable bonds is 4. The molecule has 0 aliphatic heterocycles. The highest BCUT2D eigenvalue weighted by Gasteiger charge is 2.25. The molecule has 1 aromatic rings. The molecule has 1 aliphatic carbocycles. The third kappa shape index (κ3) is 2.84. The molecule has 2 N–H and O–H groups in total. The van der Waals surface area contributed by atoms with E-state index in [-0.39, 0.29) is 18.2 Å². The van der Waals surface area contributed by atoms with Crippen molar-refractivity contribution < 1.29 is 14.7 Å². The Morgan fingerprint density at radius 2 is 2.00 bits per heavy atom. The van der Waals surface area contributed by atoms with Gasteiger partial charge >= 0.3 is 5.97 Å². The van der Waals surface area contributed by atoms with E-state index < -0.39 is 5.97 Å². The number of nitrogens with one attached hydrogen (secondary N) is 1. The molecule has 4 heteroatoms. The molecule has 1 saturated carbocycles. The highest BCUT2D eigenvalue weighted by molar-refractivity contribution is 5.94. The van der Waals surface area contributed by atoms with Crippen LogP contribution in [0.15, 0.2) is 24.3 Å². The number of anilines is 1. The van der Waals surface area contributed by atoms with Gasteiger partial charge in [-0.25, -0.2) is 0 Å². The van der Waals surface area contributed by atoms with Crippen LogP contribution in [0.4, 0.5) is 5.69 Å². The van der Waals surface area contributed by atoms with Crippen molar-refractivity contribution in [1.29, 1.82) is 0 Å². The van der Waals surface area contributed by atoms with Gasteiger partial charge in [0, 0.05) is 11.6 Å². The number of carbonyl (C=O) groups is 2. The van der Waals surface area contributed by atoms with E-state index in [4.69, 9.17) is 5.11 Å². The van der Waals surface area contributed by atoms with Crippen LogP contribution in [0.1, 0.15) is 24.8 Å². The van der Waals surface area contributed by atoms with E-state index in [2.05, 4.69) is 5.32 Å². The van der Waals surface area contributed by atoms with Crippen LogP contribution in [0.5, 0.6) is 0 Å². The first-order valence-corrected chi connectivity index (χ1v) is 5.77. The van der Waals surface area contributed by atoms with Crippen molar-refractivity contribution >= 4 is 17.6 Å². The third-order valence-electron chi connectivity index (χ3n) is 3.09. The van der Waals surface area contributed by atoms with Crippen molar-refractivity contribution in [2.24, 2.45) is 5.92 Å². The minimum Gasteiger partial charge on any atom is -0.481 e. The summed E-state index contributed by atoms with van der Waals surface area (Å²) in [5, 5.41) is 11.6. The molecular formula is C13H15NO3. The standard InChI is InChI=1S/C13H15NO3/c15-12(16)8-10-4-1-2-7-11(10)14-13(17)9-5-3-6-9/h1-2,4,7,9H,3,5-6,8H2,(H,14,17)(H,15,16). The first-order valence-electron chi connectivity index (χ1n) is 5.77. The predicted octanol–water partition coefficient (Wildman–Crippen LogP) is 2.05. The Morgan fingerprint density at radius 3 is 2.59 bits per heavy atom. The molecule has 17 heavy (non-hydrogen) atoms. The number of aliphatic carboxylic acids is 1. The largest absolute Gasteiger partial charge is 0.481 e. The molecule has 1 amide bonds. The van der Waals surface area contributed by atoms with Gasteiger partial charge in [-0.3, -0.25) is 9.59 Å². The number of carbonyl (C=O) groups excluding carboxylic acids is 1. The van der Waals surface area contributed by atoms with Crippen LogP contribution in [0.2, 0.25) is 0 Å². The number of para-hydroxylation sites is 1. The molecule has 0 aromatic heterocycles. The average molecular weight is 233 g/mol. The van der Waals surface area contributed by atoms with Crippen LogP contribution in [-0.4, -0.2) is 17.0 Å². The molecule has 0 spiro atoms. The second kappa shape index (κ2) is 4.99. The summed E-state index contributed by atoms with van der Waals surface area (Å²) >= 11 is 0. The number of carboxylic acids is 1. The molecule has 4 nitrogen and oxygen atoms in total. The Kier molecular flexibility index (Phi) is 3.42. The summed E-state index contributed by atoms with van der Waals surface area (Å²) < 4.78 is 0. The summed E-state index contributed by atoms with van der Waals surface area (Å²) in [6, 6.07) is 7.04. The van der Waals surface area contributed by atoms with Crippen LogP contribution in [0.3, 0.4) is 0 Å². The van der Waals surface area contributed by atoms with Gasteiger partial charge in [0.1, 0.15) is 0 Å². The fraction of sp³-hybridized carbons (Fsp3) is 0.385. The van der Waals surface area contributed by atoms with Gasteiger partial charge in [-0.2, -0.15) is 0 Å². The zero-order valence-corrected chi connectivity index (χ0v) is 9.48. The van der Waals surface area contributed by atoms with E-state index in [1.165, 1.54) is 0 Å². The lowest BCUT2D eigenvalue weighted by atomic mass is 9.84. The Morgan fingerprint density at radius 1 is 1.29 bits per heavy atom. The molecule has 0 unspecified atom stereocenters. The van der Waals surface area contributed by atoms with E-state index in [0.29, 0.717) is 11.3 Å². The Hall–Kier alpha value is -1.84. The van der Waals surface area contributed by atoms with Crippen LogP contribution in [0.25, 0.3) is 0 Å². The first kappa shape index (κ1) is 11.6. The fourth-order valence-corrected chi connectivity index (χ4v) is 1.86. The summed E-state index contributed by atoms with van der Waals surface area (Å²) in [6.07, 6.45) is 2.91. The number of benzene rings is 1. The van der Waals surface area contributed by atoms with E-state index in [1.807, 2.05) is 0 Å². The highest BCUT2D eigenvalue weighted by atomic mass is 16.4. The van der Waals surface area contributed by atoms with Crippen molar-refractivity contribution in [1.82, 2.24) is 0 Å². The van der Waals surface area contributed by atoms with Crippen molar-refractivity contribution in [2.75, 3.05) is 5.32 Å². The smallest absolute Gasteiger partial charge is 0.307 e. The van der Waals surface area contributed by atoms with Crippen molar-refractivity contribution in [3.63, 3.8) is 0 Å². The average Bonchev–Trinajstić information content (AvgIpc) is 2.17. The monoisotopic (exact) mass is 233 g/mol. The summed E-state index contributed by atoms with van der Waals surface area (Å²) in [5.41, 5.74) is 1.26. The molecule has 0 saturated heterocycles. The third-order valence-corrected chi connectivity index (χ3v) is 3.09. The minimum atomic E-state index is -0.893. The van der Waals surface area contributed by atoms with Crippen LogP contribution in [0, 0.1) is 5.92 Å². The first-order chi connectivity index (χ1) is 8.16. The zero-order valence-electron chi connectivity index (χ0n) is 9.48. The Labute approximate surface area is 99.6 Å². The minimum absolute atomic E-state index is 0.00842. The topological polar surface area (TPSA) is 66.4 Å². The zero-order chi connectivity index (χ0) is 12.3. The van der Waals surface area contributed by atoms with E-state index >= 15 is 0 Å². The second-order valence-electron chi connectivity index (χ2n) is 4.34. The molecular weight excluding hydrogens is 218 g/mol. The SMILES string of the molecule is O=C(O)Cc1ccccc1NC(=O)C1CCC1. The molecule has 2 rings (SSSR count). The van der Waals surface area contributed by atoms with Crippen LogP contribution in [-0.2, 0) is 16.0 Å². The molecule has 0 heterocycles. The number of amides is 1. The summed E-state index contributed by atoms with van der Waals surface area (Å²) in [7, 11) is 0. The Balaban J connectivity index is 2.08. The van der Waals surface area contributed by atoms with E-state index in [1.54, 1.807) is 24.3 Å². The van der Waals surface area contributed by atoms with Gasteiger partial charge in [0.05, 0.1) is 6.42 Å². The maximum atomic E-state index is 11.8. The lowest BCUT2D eigenvalue weighted by Crippen LogP contribution is -2.28. The number of carboxylic acid groups (broad SMARTS) is 1. The lowest BCUT2D eigenvalue weighted by molar-refractivity contribution is -0.136. The van der Waals surface area contributed by atoms with Crippen molar-refractivity contribution in [3.05, 3.63) is 29.8 Å². The van der Waals surface area contributed by atoms with Gasteiger partial charge < -0.3 is 10.4 Å². The maximum Gasteiger partial charge on any atom is 0.307 e. The molecule has 1 aromatic carbocycles. The van der Waals surface area contributed by atoms with Crippen molar-refractivity contribution in [2.45, 2.75) is 25.7 Å². The van der Waals surface area contributed by atoms with Gasteiger partial charge in [-0.15, -0.1) is 0 Å². The molecule has 0 radical (unpaired) electrons. The summed E-state index contributed by atoms with van der Waals surface area (Å²) in [4.78, 5) is 22.5. The molecule has 1 aliphatic rings. The van der Waals surface area contributed by atoms with E-state index in [0.717, 1.165) is 19.3 Å². The number of hydrogen-bond donors (Lipinski definition) is 2. The summed E-state index contributed by atoms with van der Waals surface area (Å²) in [6.45, 7) is 0. The van der Waals surface area contributed by atoms with Crippen molar-refractivity contribution in [3.8, 4) is 0 Å². The number of hydrogen-bond acceptors (Lipinski definition) is 2. The van der Waals surface area contributed by atoms with Gasteiger partial charge in [-0.05, 0) is 24.5 Å². The molecule has 0 bridgehead atoms. The summed E-state index contributed by atoms with van der Waals surface area (Å²) in [5.74, 6) is -0.780. The normalized spacial score (nSPS) is 15.1. The molecule has 0 atom stereocenters. The van der Waals surface area contributed by atoms with Gasteiger partial charge in [0.15, 0.2) is 0 Å². The van der Waals surface area contributed by atoms with E-state index in [9.17, 15) is 9.59 Å². The quantitative estimate of drug-likeness (QED) is 0.836. The predicted molar refractivity (Wildman–Crippen MR) is 63.8 cm³/mol. The highest BCUT2D eigenvalue weighted by Crippen LogP contribution is 2.28. The molecule has 1 fully saturated rings. The molecule has 90 valence electrons. The van der Waals surface area contributed by atoms with Crippen LogP contribution >= 0.6 is 0 Å². The van der Waals surface area contributed by atoms with Gasteiger partial charge in [0.25, 0.3) is 0 Å². The Bertz CT molecular complexity index is 438. The fourth-order valence-electron chi connectivity index (χ4n) is 1.86. The second-order valence-corrected chi connectivity index (χ2v) is 4.34.